The monoisotopic (exact) mass is 300 g/mol. The molecule has 1 aliphatic carbocycles. The summed E-state index contributed by atoms with van der Waals surface area (Å²) in [5.41, 5.74) is 5.44. The predicted molar refractivity (Wildman–Crippen MR) is 79.1 cm³/mol. The summed E-state index contributed by atoms with van der Waals surface area (Å²) in [7, 11) is 1.69. The number of halogens is 2. The molecule has 2 N–H and O–H groups in total. The highest BCUT2D eigenvalue weighted by atomic mass is 32.1. The Morgan fingerprint density at radius 2 is 2.10 bits per heavy atom. The van der Waals surface area contributed by atoms with E-state index in [2.05, 4.69) is 12.2 Å². The minimum absolute atomic E-state index is 0.0698. The lowest BCUT2D eigenvalue weighted by Crippen LogP contribution is -2.25. The molecule has 1 aliphatic rings. The topological polar surface area (TPSA) is 38.5 Å². The highest BCUT2D eigenvalue weighted by molar-refractivity contribution is 7.80. The Bertz CT molecular complexity index is 506. The second kappa shape index (κ2) is 6.45. The van der Waals surface area contributed by atoms with Crippen molar-refractivity contribution in [1.82, 2.24) is 0 Å². The zero-order chi connectivity index (χ0) is 14.7. The summed E-state index contributed by atoms with van der Waals surface area (Å²) >= 11 is 4.67. The molecule has 0 aliphatic heterocycles. The Kier molecular flexibility index (Phi) is 4.88. The van der Waals surface area contributed by atoms with Gasteiger partial charge in [0.05, 0.1) is 12.3 Å². The van der Waals surface area contributed by atoms with Crippen LogP contribution in [0.3, 0.4) is 0 Å². The smallest absolute Gasteiger partial charge is 0.182 e. The van der Waals surface area contributed by atoms with Crippen LogP contribution in [0.25, 0.3) is 0 Å². The van der Waals surface area contributed by atoms with Crippen molar-refractivity contribution < 1.29 is 13.5 Å². The second-order valence-corrected chi connectivity index (χ2v) is 5.50. The van der Waals surface area contributed by atoms with Crippen molar-refractivity contribution in [3.63, 3.8) is 0 Å². The molecule has 0 radical (unpaired) electrons. The minimum Gasteiger partial charge on any atom is -0.389 e. The first-order chi connectivity index (χ1) is 9.50. The first-order valence-corrected chi connectivity index (χ1v) is 6.98. The van der Waals surface area contributed by atoms with E-state index in [1.165, 1.54) is 25.0 Å². The summed E-state index contributed by atoms with van der Waals surface area (Å²) in [6.07, 6.45) is 2.46. The van der Waals surface area contributed by atoms with Crippen LogP contribution in [0, 0.1) is 17.6 Å². The number of benzene rings is 1. The quantitative estimate of drug-likeness (QED) is 0.620. The lowest BCUT2D eigenvalue weighted by atomic mass is 10.1. The molecule has 0 amide bonds. The molecule has 3 nitrogen and oxygen atoms in total. The van der Waals surface area contributed by atoms with E-state index in [0.717, 1.165) is 6.61 Å². The molecule has 1 fully saturated rings. The number of ether oxygens (including phenoxy) is 1. The minimum atomic E-state index is -0.999. The Morgan fingerprint density at radius 3 is 2.70 bits per heavy atom. The lowest BCUT2D eigenvalue weighted by Gasteiger charge is -2.20. The molecule has 0 aromatic heterocycles. The Labute approximate surface area is 122 Å². The van der Waals surface area contributed by atoms with Crippen LogP contribution in [0.15, 0.2) is 12.1 Å². The molecule has 0 unspecified atom stereocenters. The maximum Gasteiger partial charge on any atom is 0.182 e. The lowest BCUT2D eigenvalue weighted by molar-refractivity contribution is 0.131. The molecule has 0 bridgehead atoms. The molecule has 0 spiro atoms. The van der Waals surface area contributed by atoms with Gasteiger partial charge < -0.3 is 15.4 Å². The van der Waals surface area contributed by atoms with Gasteiger partial charge >= 0.3 is 0 Å². The van der Waals surface area contributed by atoms with Crippen LogP contribution in [0.2, 0.25) is 0 Å². The van der Waals surface area contributed by atoms with E-state index in [-0.39, 0.29) is 16.2 Å². The molecule has 1 aromatic carbocycles. The SMILES string of the molecule is CN(CCOCC1CC1)c1ccc(C(N)=S)c(F)c1F. The highest BCUT2D eigenvalue weighted by Crippen LogP contribution is 2.28. The van der Waals surface area contributed by atoms with Gasteiger partial charge in [-0.05, 0) is 30.9 Å². The highest BCUT2D eigenvalue weighted by Gasteiger charge is 2.21. The van der Waals surface area contributed by atoms with Gasteiger partial charge in [-0.3, -0.25) is 0 Å². The number of rotatable bonds is 7. The van der Waals surface area contributed by atoms with Crippen molar-refractivity contribution in [2.24, 2.45) is 11.7 Å². The molecule has 2 rings (SSSR count). The van der Waals surface area contributed by atoms with Crippen LogP contribution in [-0.2, 0) is 4.74 Å². The summed E-state index contributed by atoms with van der Waals surface area (Å²) in [5, 5.41) is 0. The van der Waals surface area contributed by atoms with Gasteiger partial charge in [-0.2, -0.15) is 0 Å². The van der Waals surface area contributed by atoms with Crippen molar-refractivity contribution in [2.75, 3.05) is 31.7 Å². The van der Waals surface area contributed by atoms with Crippen LogP contribution < -0.4 is 10.6 Å². The van der Waals surface area contributed by atoms with Crippen LogP contribution >= 0.6 is 12.2 Å². The maximum absolute atomic E-state index is 13.9. The van der Waals surface area contributed by atoms with Crippen molar-refractivity contribution in [3.05, 3.63) is 29.3 Å². The standard InChI is InChI=1S/C14H18F2N2OS/c1-18(6-7-19-8-9-2-3-9)11-5-4-10(14(17)20)12(15)13(11)16/h4-5,9H,2-3,6-8H2,1H3,(H2,17,20). The molecule has 0 atom stereocenters. The van der Waals surface area contributed by atoms with Crippen LogP contribution in [0.5, 0.6) is 0 Å². The van der Waals surface area contributed by atoms with Gasteiger partial charge in [-0.25, -0.2) is 8.78 Å². The van der Waals surface area contributed by atoms with E-state index >= 15 is 0 Å². The second-order valence-electron chi connectivity index (χ2n) is 5.06. The van der Waals surface area contributed by atoms with Gasteiger partial charge in [0.15, 0.2) is 11.6 Å². The van der Waals surface area contributed by atoms with Gasteiger partial charge in [0.25, 0.3) is 0 Å². The number of nitrogens with two attached hydrogens (primary N) is 1. The van der Waals surface area contributed by atoms with E-state index in [4.69, 9.17) is 10.5 Å². The molecule has 0 saturated heterocycles. The Morgan fingerprint density at radius 1 is 1.40 bits per heavy atom. The summed E-state index contributed by atoms with van der Waals surface area (Å²) in [6.45, 7) is 1.74. The van der Waals surface area contributed by atoms with Crippen molar-refractivity contribution in [1.29, 1.82) is 0 Å². The molecule has 6 heteroatoms. The zero-order valence-electron chi connectivity index (χ0n) is 11.4. The first kappa shape index (κ1) is 15.1. The van der Waals surface area contributed by atoms with Crippen molar-refractivity contribution >= 4 is 22.9 Å². The molecular formula is C14H18F2N2OS. The van der Waals surface area contributed by atoms with Crippen molar-refractivity contribution in [3.8, 4) is 0 Å². The molecule has 1 aromatic rings. The average Bonchev–Trinajstić information content (AvgIpc) is 3.21. The Balaban J connectivity index is 1.96. The number of hydrogen-bond acceptors (Lipinski definition) is 3. The van der Waals surface area contributed by atoms with Gasteiger partial charge in [0, 0.05) is 25.8 Å². The number of anilines is 1. The fourth-order valence-electron chi connectivity index (χ4n) is 1.88. The summed E-state index contributed by atoms with van der Waals surface area (Å²) < 4.78 is 33.2. The van der Waals surface area contributed by atoms with E-state index < -0.39 is 11.6 Å². The number of nitrogens with zero attached hydrogens (tertiary/aromatic N) is 1. The fourth-order valence-corrected chi connectivity index (χ4v) is 2.04. The molecule has 110 valence electrons. The van der Waals surface area contributed by atoms with Gasteiger partial charge in [-0.1, -0.05) is 12.2 Å². The van der Waals surface area contributed by atoms with E-state index in [9.17, 15) is 8.78 Å². The maximum atomic E-state index is 13.9. The van der Waals surface area contributed by atoms with Crippen LogP contribution in [-0.4, -0.2) is 31.8 Å². The number of hydrogen-bond donors (Lipinski definition) is 1. The third-order valence-corrected chi connectivity index (χ3v) is 3.58. The van der Waals surface area contributed by atoms with Crippen molar-refractivity contribution in [2.45, 2.75) is 12.8 Å². The molecule has 1 saturated carbocycles. The summed E-state index contributed by atoms with van der Waals surface area (Å²) in [4.78, 5) is 1.47. The van der Waals surface area contributed by atoms with Crippen LogP contribution in [0.1, 0.15) is 18.4 Å². The normalized spacial score (nSPS) is 14.3. The summed E-state index contributed by atoms with van der Waals surface area (Å²) in [5.74, 6) is -1.24. The third kappa shape index (κ3) is 3.64. The van der Waals surface area contributed by atoms with E-state index in [1.807, 2.05) is 0 Å². The molecule has 20 heavy (non-hydrogen) atoms. The Hall–Kier alpha value is -1.27. The first-order valence-electron chi connectivity index (χ1n) is 6.57. The largest absolute Gasteiger partial charge is 0.389 e. The van der Waals surface area contributed by atoms with E-state index in [0.29, 0.717) is 19.1 Å². The molecular weight excluding hydrogens is 282 g/mol. The van der Waals surface area contributed by atoms with Gasteiger partial charge in [-0.15, -0.1) is 0 Å². The number of likely N-dealkylation sites (N-methyl/N-ethyl adjacent to an activating group) is 1. The fraction of sp³-hybridized carbons (Fsp3) is 0.500. The van der Waals surface area contributed by atoms with Gasteiger partial charge in [0.1, 0.15) is 4.99 Å². The third-order valence-electron chi connectivity index (χ3n) is 3.36. The van der Waals surface area contributed by atoms with E-state index in [1.54, 1.807) is 11.9 Å². The summed E-state index contributed by atoms with van der Waals surface area (Å²) in [6, 6.07) is 2.88. The molecule has 0 heterocycles. The average molecular weight is 300 g/mol. The zero-order valence-corrected chi connectivity index (χ0v) is 12.2. The van der Waals surface area contributed by atoms with Crippen LogP contribution in [0.4, 0.5) is 14.5 Å². The van der Waals surface area contributed by atoms with Gasteiger partial charge in [0.2, 0.25) is 0 Å². The number of thiocarbonyl (C=S) groups is 1. The predicted octanol–water partition coefficient (Wildman–Crippen LogP) is 2.46.